The number of esters is 2. The number of rotatable bonds is 10. The molecule has 0 spiro atoms. The monoisotopic (exact) mass is 424 g/mol. The Morgan fingerprint density at radius 1 is 1.10 bits per heavy atom. The van der Waals surface area contributed by atoms with Crippen molar-refractivity contribution in [3.05, 3.63) is 38.4 Å². The molecule has 0 heterocycles. The van der Waals surface area contributed by atoms with Crippen LogP contribution in [0.25, 0.3) is 0 Å². The van der Waals surface area contributed by atoms with Gasteiger partial charge in [0.15, 0.2) is 5.92 Å². The van der Waals surface area contributed by atoms with Crippen LogP contribution in [0, 0.1) is 31.6 Å². The number of hydrogen-bond acceptors (Lipinski definition) is 10. The van der Waals surface area contributed by atoms with E-state index in [4.69, 9.17) is 9.47 Å². The van der Waals surface area contributed by atoms with Gasteiger partial charge in [-0.25, -0.2) is 0 Å². The van der Waals surface area contributed by atoms with Crippen LogP contribution >= 0.6 is 0 Å². The van der Waals surface area contributed by atoms with Crippen LogP contribution in [0.3, 0.4) is 0 Å². The number of ether oxygens (including phenoxy) is 2. The van der Waals surface area contributed by atoms with Crippen molar-refractivity contribution in [1.82, 2.24) is 0 Å². The van der Waals surface area contributed by atoms with Gasteiger partial charge in [0.2, 0.25) is 0 Å². The average Bonchev–Trinajstić information content (AvgIpc) is 2.65. The Hall–Kier alpha value is -3.57. The van der Waals surface area contributed by atoms with Crippen LogP contribution < -0.4 is 5.43 Å². The minimum atomic E-state index is -1.31. The molecule has 0 aliphatic heterocycles. The predicted molar refractivity (Wildman–Crippen MR) is 107 cm³/mol. The van der Waals surface area contributed by atoms with Crippen molar-refractivity contribution in [3.63, 3.8) is 0 Å². The number of benzene rings is 1. The molecule has 0 atom stereocenters. The zero-order valence-corrected chi connectivity index (χ0v) is 17.3. The van der Waals surface area contributed by atoms with Gasteiger partial charge in [-0.1, -0.05) is 13.8 Å². The first kappa shape index (κ1) is 24.5. The molecule has 0 saturated heterocycles. The minimum absolute atomic E-state index is 0.0637. The van der Waals surface area contributed by atoms with Crippen LogP contribution in [0.5, 0.6) is 0 Å². The van der Waals surface area contributed by atoms with Crippen molar-refractivity contribution in [2.24, 2.45) is 16.4 Å². The molecule has 1 aromatic carbocycles. The Morgan fingerprint density at radius 3 is 2.07 bits per heavy atom. The number of nitrogens with one attached hydrogen (secondary N) is 1. The van der Waals surface area contributed by atoms with Gasteiger partial charge in [-0.3, -0.25) is 35.2 Å². The Balaban J connectivity index is 3.27. The summed E-state index contributed by atoms with van der Waals surface area (Å²) in [6.45, 7) is 8.01. The molecular weight excluding hydrogens is 400 g/mol. The third-order valence-corrected chi connectivity index (χ3v) is 4.43. The Kier molecular flexibility index (Phi) is 8.38. The summed E-state index contributed by atoms with van der Waals surface area (Å²) in [4.78, 5) is 45.3. The summed E-state index contributed by atoms with van der Waals surface area (Å²) < 4.78 is 9.98. The SMILES string of the molecule is CCOC(=O)C(C(=O)OCC)C(C)(C)/C(C)=N\Nc1ccc([N+](=O)[O-])cc1[N+](=O)[O-]. The summed E-state index contributed by atoms with van der Waals surface area (Å²) >= 11 is 0. The zero-order valence-electron chi connectivity index (χ0n) is 17.3. The highest BCUT2D eigenvalue weighted by atomic mass is 16.6. The fourth-order valence-corrected chi connectivity index (χ4v) is 2.51. The Labute approximate surface area is 172 Å². The summed E-state index contributed by atoms with van der Waals surface area (Å²) in [5.74, 6) is -2.87. The molecule has 12 heteroatoms. The first-order valence-corrected chi connectivity index (χ1v) is 9.04. The molecule has 0 aliphatic carbocycles. The highest BCUT2D eigenvalue weighted by Crippen LogP contribution is 2.33. The van der Waals surface area contributed by atoms with E-state index >= 15 is 0 Å². The number of carbonyl (C=O) groups is 2. The van der Waals surface area contributed by atoms with E-state index in [-0.39, 0.29) is 24.6 Å². The van der Waals surface area contributed by atoms with Gasteiger partial charge in [-0.05, 0) is 26.8 Å². The second-order valence-electron chi connectivity index (χ2n) is 6.68. The van der Waals surface area contributed by atoms with E-state index in [2.05, 4.69) is 10.5 Å². The van der Waals surface area contributed by atoms with E-state index in [9.17, 15) is 29.8 Å². The second kappa shape index (κ2) is 10.3. The Morgan fingerprint density at radius 2 is 1.63 bits per heavy atom. The van der Waals surface area contributed by atoms with E-state index in [0.29, 0.717) is 0 Å². The summed E-state index contributed by atoms with van der Waals surface area (Å²) in [6.07, 6.45) is 0. The molecule has 1 rings (SSSR count). The molecule has 164 valence electrons. The third-order valence-electron chi connectivity index (χ3n) is 4.43. The van der Waals surface area contributed by atoms with Crippen molar-refractivity contribution in [1.29, 1.82) is 0 Å². The van der Waals surface area contributed by atoms with E-state index in [1.165, 1.54) is 6.92 Å². The smallest absolute Gasteiger partial charge is 0.321 e. The van der Waals surface area contributed by atoms with E-state index in [1.807, 2.05) is 0 Å². The van der Waals surface area contributed by atoms with E-state index in [1.54, 1.807) is 27.7 Å². The van der Waals surface area contributed by atoms with Gasteiger partial charge >= 0.3 is 17.6 Å². The molecular formula is C18H24N4O8. The first-order chi connectivity index (χ1) is 14.0. The van der Waals surface area contributed by atoms with Crippen LogP contribution in [0.15, 0.2) is 23.3 Å². The normalized spacial score (nSPS) is 11.7. The topological polar surface area (TPSA) is 163 Å². The van der Waals surface area contributed by atoms with Crippen LogP contribution in [0.1, 0.15) is 34.6 Å². The predicted octanol–water partition coefficient (Wildman–Crippen LogP) is 3.06. The standard InChI is InChI=1S/C18H24N4O8/c1-6-29-16(23)15(17(24)30-7-2)18(4,5)11(3)19-20-13-9-8-12(21(25)26)10-14(13)22(27)28/h8-10,15,20H,6-7H2,1-5H3/b19-11-. The van der Waals surface area contributed by atoms with Gasteiger partial charge in [0.05, 0.1) is 29.1 Å². The largest absolute Gasteiger partial charge is 0.465 e. The lowest BCUT2D eigenvalue weighted by molar-refractivity contribution is -0.393. The number of carbonyl (C=O) groups excluding carboxylic acids is 2. The van der Waals surface area contributed by atoms with Gasteiger partial charge in [0.1, 0.15) is 5.69 Å². The maximum atomic E-state index is 12.4. The third kappa shape index (κ3) is 5.72. The maximum Gasteiger partial charge on any atom is 0.321 e. The van der Waals surface area contributed by atoms with Crippen molar-refractivity contribution in [3.8, 4) is 0 Å². The molecule has 1 aromatic rings. The molecule has 0 aliphatic rings. The van der Waals surface area contributed by atoms with Gasteiger partial charge in [-0.2, -0.15) is 5.10 Å². The molecule has 12 nitrogen and oxygen atoms in total. The van der Waals surface area contributed by atoms with Crippen LogP contribution in [-0.2, 0) is 19.1 Å². The molecule has 0 aromatic heterocycles. The van der Waals surface area contributed by atoms with Crippen molar-refractivity contribution < 1.29 is 28.9 Å². The lowest BCUT2D eigenvalue weighted by atomic mass is 9.75. The highest BCUT2D eigenvalue weighted by molar-refractivity contribution is 6.03. The number of non-ortho nitro benzene ring substituents is 1. The number of hydrogen-bond donors (Lipinski definition) is 1. The fraction of sp³-hybridized carbons (Fsp3) is 0.500. The summed E-state index contributed by atoms with van der Waals surface area (Å²) in [6, 6.07) is 3.04. The highest BCUT2D eigenvalue weighted by Gasteiger charge is 2.45. The fourth-order valence-electron chi connectivity index (χ4n) is 2.51. The van der Waals surface area contributed by atoms with Crippen molar-refractivity contribution in [2.45, 2.75) is 34.6 Å². The Bertz CT molecular complexity index is 848. The zero-order chi connectivity index (χ0) is 23.1. The maximum absolute atomic E-state index is 12.4. The number of nitro benzene ring substituents is 2. The molecule has 0 fully saturated rings. The van der Waals surface area contributed by atoms with Crippen molar-refractivity contribution >= 4 is 34.7 Å². The van der Waals surface area contributed by atoms with Crippen molar-refractivity contribution in [2.75, 3.05) is 18.6 Å². The van der Waals surface area contributed by atoms with Crippen LogP contribution in [-0.4, -0.2) is 40.7 Å². The van der Waals surface area contributed by atoms with E-state index in [0.717, 1.165) is 18.2 Å². The van der Waals surface area contributed by atoms with Gasteiger partial charge < -0.3 is 9.47 Å². The molecule has 0 unspecified atom stereocenters. The minimum Gasteiger partial charge on any atom is -0.465 e. The number of nitrogens with zero attached hydrogens (tertiary/aromatic N) is 3. The summed E-state index contributed by atoms with van der Waals surface area (Å²) in [7, 11) is 0. The lowest BCUT2D eigenvalue weighted by Crippen LogP contribution is -2.44. The average molecular weight is 424 g/mol. The molecule has 30 heavy (non-hydrogen) atoms. The van der Waals surface area contributed by atoms with Gasteiger partial charge in [-0.15, -0.1) is 0 Å². The second-order valence-corrected chi connectivity index (χ2v) is 6.68. The van der Waals surface area contributed by atoms with Crippen LogP contribution in [0.2, 0.25) is 0 Å². The van der Waals surface area contributed by atoms with Gasteiger partial charge in [0, 0.05) is 17.2 Å². The van der Waals surface area contributed by atoms with E-state index < -0.39 is 44.5 Å². The molecule has 0 bridgehead atoms. The first-order valence-electron chi connectivity index (χ1n) is 9.04. The number of anilines is 1. The molecule has 0 saturated carbocycles. The van der Waals surface area contributed by atoms with Gasteiger partial charge in [0.25, 0.3) is 5.69 Å². The number of nitro groups is 2. The lowest BCUT2D eigenvalue weighted by Gasteiger charge is -2.30. The van der Waals surface area contributed by atoms with Crippen LogP contribution in [0.4, 0.5) is 17.1 Å². The summed E-state index contributed by atoms with van der Waals surface area (Å²) in [5, 5.41) is 26.1. The molecule has 0 radical (unpaired) electrons. The molecule has 0 amide bonds. The molecule has 1 N–H and O–H groups in total. The number of hydrazone groups is 1. The summed E-state index contributed by atoms with van der Waals surface area (Å²) in [5.41, 5.74) is 0.479. The quantitative estimate of drug-likeness (QED) is 0.195.